The SMILES string of the molecule is CC(C)(C)c1ccc(S(=O)(=O)Nc2ccsc2C(=O)O)cc1.COC(=O)c1sccc1N.COC(=O)c1sccc1NS(=O)(=O)c1ccc(C(C)(C)C)cc1.Cc1cc(C(C)(C)C)ccc1S(=O)(=O)N=C1C=CSC1=C([O-])[O-].Cc1ccc(C(C)(C)C)cc1.[Na+].[Na+]. The van der Waals surface area contributed by atoms with Crippen LogP contribution in [0.4, 0.5) is 17.1 Å². The maximum atomic E-state index is 12.5. The molecule has 0 amide bonds. The van der Waals surface area contributed by atoms with Crippen molar-refractivity contribution in [2.45, 2.75) is 133 Å². The van der Waals surface area contributed by atoms with Crippen molar-refractivity contribution in [3.05, 3.63) is 196 Å². The molecular formula is C64H76N4Na2O14S7. The number of carbonyl (C=O) groups excluding carboxylic acids is 2. The number of carboxylic acids is 1. The number of nitrogen functional groups attached to an aromatic ring is 1. The number of carbonyl (C=O) groups is 3. The van der Waals surface area contributed by atoms with Crippen LogP contribution in [0.15, 0.2) is 167 Å². The molecule has 0 bridgehead atoms. The van der Waals surface area contributed by atoms with Gasteiger partial charge in [-0.05, 0) is 139 Å². The van der Waals surface area contributed by atoms with Crippen molar-refractivity contribution in [2.75, 3.05) is 29.4 Å². The molecule has 480 valence electrons. The van der Waals surface area contributed by atoms with Gasteiger partial charge in [0, 0.05) is 4.91 Å². The molecule has 1 aliphatic rings. The zero-order chi connectivity index (χ0) is 67.3. The van der Waals surface area contributed by atoms with Gasteiger partial charge in [0.15, 0.2) is 0 Å². The molecule has 27 heteroatoms. The first-order chi connectivity index (χ1) is 41.0. The van der Waals surface area contributed by atoms with Crippen molar-refractivity contribution in [3.8, 4) is 0 Å². The third kappa shape index (κ3) is 24.2. The van der Waals surface area contributed by atoms with Crippen LogP contribution in [0.5, 0.6) is 0 Å². The molecule has 5 N–H and O–H groups in total. The Balaban J connectivity index is 0.000000399. The van der Waals surface area contributed by atoms with Gasteiger partial charge in [0.05, 0.1) is 51.7 Å². The fourth-order valence-electron chi connectivity index (χ4n) is 7.61. The van der Waals surface area contributed by atoms with Gasteiger partial charge in [0.25, 0.3) is 30.1 Å². The number of rotatable bonds is 11. The Bertz CT molecular complexity index is 4050. The fourth-order valence-corrected chi connectivity index (χ4v) is 14.0. The Hall–Kier alpha value is -5.26. The second kappa shape index (κ2) is 34.2. The minimum Gasteiger partial charge on any atom is -0.883 e. The molecular weight excluding hydrogens is 1320 g/mol. The largest absolute Gasteiger partial charge is 1.00 e. The van der Waals surface area contributed by atoms with E-state index in [1.54, 1.807) is 66.2 Å². The molecule has 18 nitrogen and oxygen atoms in total. The predicted molar refractivity (Wildman–Crippen MR) is 357 cm³/mol. The van der Waals surface area contributed by atoms with Gasteiger partial charge in [-0.25, -0.2) is 31.2 Å². The number of thiophene rings is 3. The van der Waals surface area contributed by atoms with Crippen molar-refractivity contribution >= 4 is 117 Å². The maximum absolute atomic E-state index is 12.5. The molecule has 0 fully saturated rings. The predicted octanol–water partition coefficient (Wildman–Crippen LogP) is 7.17. The summed E-state index contributed by atoms with van der Waals surface area (Å²) in [5.41, 5.74) is 12.6. The topological polar surface area (TPSA) is 301 Å². The molecule has 0 radical (unpaired) electrons. The number of aromatic carboxylic acids is 1. The number of benzene rings is 4. The fraction of sp³-hybridized carbons (Fsp3) is 0.312. The number of methoxy groups -OCH3 is 2. The Morgan fingerprint density at radius 2 is 0.912 bits per heavy atom. The average molecular weight is 1400 g/mol. The smallest absolute Gasteiger partial charge is 0.883 e. The van der Waals surface area contributed by atoms with Gasteiger partial charge >= 0.3 is 77.0 Å². The summed E-state index contributed by atoms with van der Waals surface area (Å²) in [5, 5.41) is 37.3. The molecule has 91 heavy (non-hydrogen) atoms. The van der Waals surface area contributed by atoms with Gasteiger partial charge in [-0.2, -0.15) is 18.8 Å². The molecule has 7 aromatic rings. The van der Waals surface area contributed by atoms with Gasteiger partial charge in [-0.15, -0.1) is 34.0 Å². The number of nitrogens with two attached hydrogens (primary N) is 1. The normalized spacial score (nSPS) is 12.7. The maximum Gasteiger partial charge on any atom is 1.00 e. The van der Waals surface area contributed by atoms with E-state index in [-0.39, 0.29) is 133 Å². The summed E-state index contributed by atoms with van der Waals surface area (Å²) in [7, 11) is -8.97. The van der Waals surface area contributed by atoms with Crippen LogP contribution in [0.3, 0.4) is 0 Å². The first-order valence-electron chi connectivity index (χ1n) is 27.1. The van der Waals surface area contributed by atoms with Crippen molar-refractivity contribution in [3.63, 3.8) is 0 Å². The molecule has 0 aliphatic carbocycles. The van der Waals surface area contributed by atoms with Crippen LogP contribution in [-0.2, 0) is 61.2 Å². The number of thioether (sulfide) groups is 1. The number of hydrogen-bond acceptors (Lipinski definition) is 18. The number of aryl methyl sites for hydroxylation is 2. The third-order valence-electron chi connectivity index (χ3n) is 12.8. The molecule has 4 aromatic carbocycles. The first-order valence-corrected chi connectivity index (χ1v) is 35.1. The number of nitrogens with zero attached hydrogens (tertiary/aromatic N) is 1. The summed E-state index contributed by atoms with van der Waals surface area (Å²) in [6.07, 6.45) is 1.35. The minimum atomic E-state index is -3.99. The van der Waals surface area contributed by atoms with E-state index in [4.69, 9.17) is 10.8 Å². The summed E-state index contributed by atoms with van der Waals surface area (Å²) in [5.74, 6) is -3.53. The van der Waals surface area contributed by atoms with E-state index in [1.807, 2.05) is 47.6 Å². The Morgan fingerprint density at radius 3 is 1.29 bits per heavy atom. The molecule has 4 heterocycles. The van der Waals surface area contributed by atoms with Gasteiger partial charge in [-0.3, -0.25) is 9.44 Å². The summed E-state index contributed by atoms with van der Waals surface area (Å²) in [6, 6.07) is 31.8. The number of sulfonamides is 3. The van der Waals surface area contributed by atoms with Gasteiger partial charge in [0.2, 0.25) is 0 Å². The van der Waals surface area contributed by atoms with Crippen LogP contribution in [0.2, 0.25) is 0 Å². The van der Waals surface area contributed by atoms with E-state index in [0.717, 1.165) is 51.1 Å². The van der Waals surface area contributed by atoms with E-state index in [0.29, 0.717) is 16.1 Å². The number of carboxylic acid groups (broad SMARTS) is 1. The van der Waals surface area contributed by atoms with Crippen LogP contribution >= 0.6 is 45.8 Å². The molecule has 0 saturated heterocycles. The van der Waals surface area contributed by atoms with E-state index < -0.39 is 48.0 Å². The third-order valence-corrected chi connectivity index (χ3v) is 20.6. The second-order valence-electron chi connectivity index (χ2n) is 23.9. The van der Waals surface area contributed by atoms with Crippen LogP contribution in [0.25, 0.3) is 0 Å². The van der Waals surface area contributed by atoms with Crippen molar-refractivity contribution in [1.29, 1.82) is 0 Å². The standard InChI is InChI=1S/2C16H19NO4S2.C15H17NO4S2.C11H16.C6H7NO2S.2Na/c1-16(2,3)11-5-7-12(8-6-11)23(19,20)17-13-9-10-22-14(13)15(18)21-4;1-10-9-11(16(2,3)4)5-6-13(10)23(20,21)17-12-7-8-22-14(12)15(18)19;1-15(2,3)10-4-6-11(7-5-10)22(19,20)16-12-8-9-21-13(12)14(17)18;1-9-5-7-10(8-6-9)11(2,3)4;1-9-6(8)5-4(7)2-3-10-5;;/h5-10,17H,1-4H3;5-9,18-19H,1-4H3;4-9,16H,1-3H3,(H,17,18);5-8H,1-4H3;2-3H,7H2,1H3;;/q;;;;;2*+1/p-2. The zero-order valence-electron chi connectivity index (χ0n) is 54.4. The van der Waals surface area contributed by atoms with Crippen LogP contribution in [-0.4, -0.2) is 68.2 Å². The first kappa shape index (κ1) is 81.8. The zero-order valence-corrected chi connectivity index (χ0v) is 64.1. The Kier molecular flexibility index (Phi) is 30.8. The minimum absolute atomic E-state index is 0. The molecule has 0 spiro atoms. The summed E-state index contributed by atoms with van der Waals surface area (Å²) in [4.78, 5) is 34.3. The summed E-state index contributed by atoms with van der Waals surface area (Å²) < 4.78 is 92.1. The van der Waals surface area contributed by atoms with Gasteiger partial charge in [-0.1, -0.05) is 161 Å². The second-order valence-corrected chi connectivity index (χ2v) is 32.5. The number of hydrogen-bond donors (Lipinski definition) is 4. The Morgan fingerprint density at radius 1 is 0.538 bits per heavy atom. The van der Waals surface area contributed by atoms with Crippen LogP contribution in [0.1, 0.15) is 145 Å². The molecule has 1 aliphatic heterocycles. The van der Waals surface area contributed by atoms with Crippen LogP contribution < -0.4 is 84.5 Å². The molecule has 0 atom stereocenters. The monoisotopic (exact) mass is 1390 g/mol. The summed E-state index contributed by atoms with van der Waals surface area (Å²) >= 11 is 4.26. The van der Waals surface area contributed by atoms with Crippen LogP contribution in [0, 0.1) is 13.8 Å². The van der Waals surface area contributed by atoms with E-state index in [2.05, 4.69) is 96.0 Å². The van der Waals surface area contributed by atoms with Gasteiger partial charge in [0.1, 0.15) is 14.6 Å². The molecule has 0 saturated carbocycles. The average Bonchev–Trinajstić information content (AvgIpc) is 1.55. The number of allylic oxidation sites excluding steroid dienone is 2. The quantitative estimate of drug-likeness (QED) is 0.0567. The number of nitrogens with one attached hydrogen (secondary N) is 2. The molecule has 8 rings (SSSR count). The molecule has 3 aromatic heterocycles. The van der Waals surface area contributed by atoms with E-state index >= 15 is 0 Å². The number of anilines is 3. The van der Waals surface area contributed by atoms with Crippen molar-refractivity contribution < 1.29 is 124 Å². The Labute approximate surface area is 596 Å². The van der Waals surface area contributed by atoms with E-state index in [1.165, 1.54) is 83.9 Å². The van der Waals surface area contributed by atoms with E-state index in [9.17, 15) is 49.9 Å². The number of ether oxygens (including phenoxy) is 2. The van der Waals surface area contributed by atoms with Crippen molar-refractivity contribution in [1.82, 2.24) is 0 Å². The number of esters is 2. The van der Waals surface area contributed by atoms with Gasteiger partial charge < -0.3 is 30.5 Å². The summed E-state index contributed by atoms with van der Waals surface area (Å²) in [6.45, 7) is 28.9. The van der Waals surface area contributed by atoms with Crippen molar-refractivity contribution in [2.24, 2.45) is 4.40 Å². The molecule has 0 unspecified atom stereocenters.